The number of hydrogen-bond donors (Lipinski definition) is 4. The Kier molecular flexibility index (Phi) is 8.44. The number of aromatic nitrogens is 4. The molecule has 1 aliphatic rings. The summed E-state index contributed by atoms with van der Waals surface area (Å²) in [6, 6.07) is 7.41. The normalized spacial score (nSPS) is 13.8. The number of aryl methyl sites for hydroxylation is 1. The van der Waals surface area contributed by atoms with Gasteiger partial charge in [-0.15, -0.1) is 0 Å². The fraction of sp³-hybridized carbons (Fsp3) is 0.364. The van der Waals surface area contributed by atoms with E-state index in [9.17, 15) is 4.79 Å². The second-order valence-electron chi connectivity index (χ2n) is 7.89. The minimum Gasteiger partial charge on any atom is -0.395 e. The Morgan fingerprint density at radius 1 is 1.22 bits per heavy atom. The van der Waals surface area contributed by atoms with Gasteiger partial charge in [0, 0.05) is 32.7 Å². The fourth-order valence-corrected chi connectivity index (χ4v) is 4.54. The van der Waals surface area contributed by atoms with Crippen LogP contribution in [0.3, 0.4) is 0 Å². The van der Waals surface area contributed by atoms with Crippen molar-refractivity contribution in [1.29, 1.82) is 5.26 Å². The number of para-hydroxylation sites is 1. The lowest BCUT2D eigenvalue weighted by molar-refractivity contribution is 0.103. The Hall–Kier alpha value is -3.57. The van der Waals surface area contributed by atoms with Crippen LogP contribution >= 0.6 is 22.9 Å². The maximum absolute atomic E-state index is 12.8. The van der Waals surface area contributed by atoms with Gasteiger partial charge in [-0.1, -0.05) is 35.1 Å². The van der Waals surface area contributed by atoms with Crippen molar-refractivity contribution in [3.05, 3.63) is 39.9 Å². The number of aliphatic hydroxyl groups is 1. The van der Waals surface area contributed by atoms with Crippen molar-refractivity contribution in [1.82, 2.24) is 24.8 Å². The maximum atomic E-state index is 12.8. The molecule has 4 N–H and O–H groups in total. The first-order valence-corrected chi connectivity index (χ1v) is 12.4. The monoisotopic (exact) mass is 528 g/mol. The topological polar surface area (TPSA) is 155 Å². The average molecular weight is 529 g/mol. The number of anilines is 5. The van der Waals surface area contributed by atoms with Gasteiger partial charge in [0.1, 0.15) is 11.4 Å². The largest absolute Gasteiger partial charge is 0.395 e. The number of nitrogens with zero attached hydrogens (tertiary/aromatic N) is 7. The van der Waals surface area contributed by atoms with E-state index < -0.39 is 0 Å². The lowest BCUT2D eigenvalue weighted by atomic mass is 10.2. The molecule has 1 fully saturated rings. The highest BCUT2D eigenvalue weighted by molar-refractivity contribution is 7.17. The fourth-order valence-electron chi connectivity index (χ4n) is 3.57. The van der Waals surface area contributed by atoms with Gasteiger partial charge in [-0.05, 0) is 18.6 Å². The van der Waals surface area contributed by atoms with Gasteiger partial charge < -0.3 is 20.6 Å². The zero-order chi connectivity index (χ0) is 25.5. The summed E-state index contributed by atoms with van der Waals surface area (Å²) in [5, 5.41) is 27.7. The van der Waals surface area contributed by atoms with Gasteiger partial charge in [0.2, 0.25) is 17.8 Å². The molecule has 1 aliphatic heterocycles. The van der Waals surface area contributed by atoms with Crippen LogP contribution in [0.5, 0.6) is 0 Å². The van der Waals surface area contributed by atoms with Crippen molar-refractivity contribution in [3.8, 4) is 6.07 Å². The number of β-amino-alcohol motifs (C(OH)–C–C–N with tert-alkyl or cyclic N) is 1. The molecule has 3 heterocycles. The van der Waals surface area contributed by atoms with Gasteiger partial charge in [-0.2, -0.15) is 20.2 Å². The number of nitrogens with one attached hydrogen (secondary N) is 3. The minimum atomic E-state index is -0.329. The highest BCUT2D eigenvalue weighted by Gasteiger charge is 2.21. The summed E-state index contributed by atoms with van der Waals surface area (Å²) in [4.78, 5) is 34.9. The summed E-state index contributed by atoms with van der Waals surface area (Å²) >= 11 is 7.36. The number of carbonyl (C=O) groups is 1. The number of halogens is 1. The lowest BCUT2D eigenvalue weighted by Crippen LogP contribution is -2.47. The third kappa shape index (κ3) is 6.35. The van der Waals surface area contributed by atoms with Gasteiger partial charge in [0.25, 0.3) is 5.91 Å². The molecule has 1 amide bonds. The van der Waals surface area contributed by atoms with E-state index in [0.717, 1.165) is 30.0 Å². The first-order valence-electron chi connectivity index (χ1n) is 11.2. The molecule has 188 valence electrons. The van der Waals surface area contributed by atoms with Crippen LogP contribution in [0.1, 0.15) is 15.2 Å². The molecule has 14 heteroatoms. The molecule has 4 rings (SSSR count). The first-order chi connectivity index (χ1) is 17.5. The van der Waals surface area contributed by atoms with Crippen LogP contribution in [0, 0.1) is 18.3 Å². The van der Waals surface area contributed by atoms with Gasteiger partial charge in [-0.3, -0.25) is 15.0 Å². The number of rotatable bonds is 9. The molecule has 1 saturated heterocycles. The molecule has 0 radical (unpaired) electrons. The van der Waals surface area contributed by atoms with Crippen LogP contribution < -0.4 is 20.9 Å². The van der Waals surface area contributed by atoms with Crippen molar-refractivity contribution in [2.24, 2.45) is 0 Å². The van der Waals surface area contributed by atoms with E-state index in [1.165, 1.54) is 6.20 Å². The molecule has 1 aromatic carbocycles. The number of amides is 1. The van der Waals surface area contributed by atoms with Crippen molar-refractivity contribution in [2.75, 3.05) is 66.7 Å². The van der Waals surface area contributed by atoms with Gasteiger partial charge in [-0.25, -0.2) is 4.98 Å². The molecule has 12 nitrogen and oxygen atoms in total. The smallest absolute Gasteiger partial charge is 0.267 e. The summed E-state index contributed by atoms with van der Waals surface area (Å²) in [6.45, 7) is 5.56. The molecular formula is C22H25ClN10O2S. The van der Waals surface area contributed by atoms with E-state index >= 15 is 0 Å². The summed E-state index contributed by atoms with van der Waals surface area (Å²) in [6.07, 6.45) is 1.46. The zero-order valence-electron chi connectivity index (χ0n) is 19.5. The number of hydrogen-bond acceptors (Lipinski definition) is 12. The van der Waals surface area contributed by atoms with E-state index in [1.54, 1.807) is 6.07 Å². The number of aliphatic hydroxyl groups excluding tert-OH is 1. The highest BCUT2D eigenvalue weighted by Crippen LogP contribution is 2.28. The SMILES string of the molecule is Cc1cccc(Cl)c1NC(=O)c1cnc(Nc2nc(NCC#N)nc(N3CCN(CCO)CC3)n2)s1. The van der Waals surface area contributed by atoms with E-state index in [0.29, 0.717) is 46.3 Å². The van der Waals surface area contributed by atoms with Gasteiger partial charge in [0.05, 0.1) is 29.6 Å². The first kappa shape index (κ1) is 25.5. The average Bonchev–Trinajstić information content (AvgIpc) is 3.34. The van der Waals surface area contributed by atoms with Gasteiger partial charge in [0.15, 0.2) is 5.13 Å². The summed E-state index contributed by atoms with van der Waals surface area (Å²) in [5.41, 5.74) is 1.41. The van der Waals surface area contributed by atoms with E-state index in [-0.39, 0.29) is 31.0 Å². The minimum absolute atomic E-state index is 0.0379. The van der Waals surface area contributed by atoms with Crippen molar-refractivity contribution in [3.63, 3.8) is 0 Å². The van der Waals surface area contributed by atoms with Crippen LogP contribution in [0.2, 0.25) is 5.02 Å². The van der Waals surface area contributed by atoms with Crippen LogP contribution in [0.25, 0.3) is 0 Å². The molecule has 3 aromatic rings. The number of thiazole rings is 1. The quantitative estimate of drug-likeness (QED) is 0.302. The summed E-state index contributed by atoms with van der Waals surface area (Å²) in [5.74, 6) is 0.623. The molecule has 0 unspecified atom stereocenters. The Morgan fingerprint density at radius 3 is 2.72 bits per heavy atom. The molecule has 0 aliphatic carbocycles. The van der Waals surface area contributed by atoms with Crippen molar-refractivity contribution in [2.45, 2.75) is 6.92 Å². The maximum Gasteiger partial charge on any atom is 0.267 e. The molecule has 0 saturated carbocycles. The van der Waals surface area contributed by atoms with Crippen LogP contribution in [-0.2, 0) is 0 Å². The number of benzene rings is 1. The molecule has 2 aromatic heterocycles. The third-order valence-electron chi connectivity index (χ3n) is 5.43. The molecule has 36 heavy (non-hydrogen) atoms. The van der Waals surface area contributed by atoms with E-state index in [1.807, 2.05) is 30.0 Å². The Balaban J connectivity index is 1.49. The van der Waals surface area contributed by atoms with Crippen molar-refractivity contribution >= 4 is 57.5 Å². The third-order valence-corrected chi connectivity index (χ3v) is 6.66. The highest BCUT2D eigenvalue weighted by atomic mass is 35.5. The number of nitriles is 1. The number of piperazine rings is 1. The van der Waals surface area contributed by atoms with Crippen LogP contribution in [0.15, 0.2) is 24.4 Å². The Bertz CT molecular complexity index is 1240. The summed E-state index contributed by atoms with van der Waals surface area (Å²) < 4.78 is 0. The van der Waals surface area contributed by atoms with E-state index in [2.05, 4.69) is 40.8 Å². The Morgan fingerprint density at radius 2 is 2.00 bits per heavy atom. The van der Waals surface area contributed by atoms with E-state index in [4.69, 9.17) is 22.0 Å². The van der Waals surface area contributed by atoms with Crippen molar-refractivity contribution < 1.29 is 9.90 Å². The predicted molar refractivity (Wildman–Crippen MR) is 139 cm³/mol. The molecule has 0 bridgehead atoms. The predicted octanol–water partition coefficient (Wildman–Crippen LogP) is 2.34. The Labute approximate surface area is 217 Å². The lowest BCUT2D eigenvalue weighted by Gasteiger charge is -2.34. The molecule has 0 spiro atoms. The number of carbonyl (C=O) groups excluding carboxylic acids is 1. The second-order valence-corrected chi connectivity index (χ2v) is 9.32. The standard InChI is InChI=1S/C22H25ClN10O2S/c1-14-3-2-4-15(23)17(14)27-18(35)16-13-26-22(36-16)31-20-28-19(25-6-5-24)29-21(30-20)33-9-7-32(8-10-33)11-12-34/h2-4,13,34H,6-12H2,1H3,(H,27,35)(H2,25,26,28,29,30,31). The molecule has 0 atom stereocenters. The van der Waals surface area contributed by atoms with Crippen LogP contribution in [-0.4, -0.2) is 81.7 Å². The second kappa shape index (κ2) is 11.9. The summed E-state index contributed by atoms with van der Waals surface area (Å²) in [7, 11) is 0. The van der Waals surface area contributed by atoms with Crippen LogP contribution in [0.4, 0.5) is 28.7 Å². The molecular weight excluding hydrogens is 504 g/mol. The van der Waals surface area contributed by atoms with Gasteiger partial charge >= 0.3 is 0 Å². The zero-order valence-corrected chi connectivity index (χ0v) is 21.1.